The van der Waals surface area contributed by atoms with Crippen molar-refractivity contribution in [3.63, 3.8) is 0 Å². The summed E-state index contributed by atoms with van der Waals surface area (Å²) in [5, 5.41) is 14.5. The molecular weight excluding hydrogens is 344 g/mol. The molecule has 8 heteroatoms. The molecular formula is C16H20N4O2S2. The third kappa shape index (κ3) is 5.31. The quantitative estimate of drug-likeness (QED) is 0.572. The Labute approximate surface area is 149 Å². The van der Waals surface area contributed by atoms with Crippen LogP contribution in [0.4, 0.5) is 10.8 Å². The minimum absolute atomic E-state index is 0.0626. The predicted octanol–water partition coefficient (Wildman–Crippen LogP) is 4.03. The second-order valence-corrected chi connectivity index (χ2v) is 7.81. The number of amides is 2. The van der Waals surface area contributed by atoms with Gasteiger partial charge in [0.1, 0.15) is 0 Å². The molecule has 1 aromatic carbocycles. The summed E-state index contributed by atoms with van der Waals surface area (Å²) < 4.78 is 0.845. The van der Waals surface area contributed by atoms with Crippen LogP contribution < -0.4 is 10.6 Å². The lowest BCUT2D eigenvalue weighted by molar-refractivity contribution is -0.115. The van der Waals surface area contributed by atoms with Gasteiger partial charge in [0.25, 0.3) is 5.91 Å². The average Bonchev–Trinajstić information content (AvgIpc) is 3.02. The minimum Gasteiger partial charge on any atom is -0.326 e. The van der Waals surface area contributed by atoms with Crippen LogP contribution in [0.5, 0.6) is 0 Å². The van der Waals surface area contributed by atoms with Gasteiger partial charge in [-0.3, -0.25) is 14.9 Å². The fourth-order valence-corrected chi connectivity index (χ4v) is 3.68. The van der Waals surface area contributed by atoms with Crippen LogP contribution in [-0.4, -0.2) is 27.3 Å². The number of anilines is 2. The van der Waals surface area contributed by atoms with Gasteiger partial charge in [-0.1, -0.05) is 43.9 Å². The Morgan fingerprint density at radius 2 is 1.88 bits per heavy atom. The van der Waals surface area contributed by atoms with E-state index in [2.05, 4.69) is 34.7 Å². The van der Waals surface area contributed by atoms with E-state index in [-0.39, 0.29) is 11.8 Å². The number of carbonyl (C=O) groups excluding carboxylic acids is 2. The number of hydrogen-bond acceptors (Lipinski definition) is 6. The Morgan fingerprint density at radius 1 is 1.17 bits per heavy atom. The number of nitrogens with zero attached hydrogens (tertiary/aromatic N) is 2. The summed E-state index contributed by atoms with van der Waals surface area (Å²) >= 11 is 3.02. The lowest BCUT2D eigenvalue weighted by Crippen LogP contribution is -2.12. The van der Waals surface area contributed by atoms with Crippen molar-refractivity contribution in [2.75, 3.05) is 10.6 Å². The topological polar surface area (TPSA) is 84.0 Å². The number of benzene rings is 1. The van der Waals surface area contributed by atoms with Crippen molar-refractivity contribution in [3.8, 4) is 0 Å². The van der Waals surface area contributed by atoms with E-state index in [4.69, 9.17) is 0 Å². The van der Waals surface area contributed by atoms with Gasteiger partial charge in [0.15, 0.2) is 4.34 Å². The molecule has 1 aromatic heterocycles. The molecule has 6 nitrogen and oxygen atoms in total. The summed E-state index contributed by atoms with van der Waals surface area (Å²) in [7, 11) is 0. The monoisotopic (exact) mass is 364 g/mol. The zero-order valence-corrected chi connectivity index (χ0v) is 15.5. The molecule has 2 N–H and O–H groups in total. The van der Waals surface area contributed by atoms with E-state index in [1.165, 1.54) is 11.3 Å². The maximum atomic E-state index is 12.2. The lowest BCUT2D eigenvalue weighted by Gasteiger charge is -2.05. The van der Waals surface area contributed by atoms with Gasteiger partial charge in [0, 0.05) is 22.9 Å². The summed E-state index contributed by atoms with van der Waals surface area (Å²) in [5.74, 6) is -0.313. The van der Waals surface area contributed by atoms with Gasteiger partial charge >= 0.3 is 0 Å². The van der Waals surface area contributed by atoms with Crippen LogP contribution in [0.25, 0.3) is 0 Å². The Morgan fingerprint density at radius 3 is 2.50 bits per heavy atom. The summed E-state index contributed by atoms with van der Waals surface area (Å²) in [5.41, 5.74) is 1.16. The van der Waals surface area contributed by atoms with Gasteiger partial charge in [-0.25, -0.2) is 0 Å². The van der Waals surface area contributed by atoms with Crippen LogP contribution in [0.1, 0.15) is 44.0 Å². The van der Waals surface area contributed by atoms with Crippen molar-refractivity contribution >= 4 is 45.7 Å². The van der Waals surface area contributed by atoms with Crippen molar-refractivity contribution in [1.82, 2.24) is 10.2 Å². The van der Waals surface area contributed by atoms with Crippen LogP contribution in [0.3, 0.4) is 0 Å². The van der Waals surface area contributed by atoms with Crippen molar-refractivity contribution < 1.29 is 9.59 Å². The molecule has 0 radical (unpaired) electrons. The fourth-order valence-electron chi connectivity index (χ4n) is 1.69. The van der Waals surface area contributed by atoms with Crippen LogP contribution in [0, 0.1) is 0 Å². The molecule has 1 heterocycles. The molecule has 1 atom stereocenters. The van der Waals surface area contributed by atoms with E-state index in [0.717, 1.165) is 10.8 Å². The fraction of sp³-hybridized carbons (Fsp3) is 0.375. The summed E-state index contributed by atoms with van der Waals surface area (Å²) in [6.07, 6.45) is 1.46. The van der Waals surface area contributed by atoms with Gasteiger partial charge in [-0.05, 0) is 30.7 Å². The van der Waals surface area contributed by atoms with Crippen LogP contribution in [0.15, 0.2) is 28.6 Å². The number of nitrogens with one attached hydrogen (secondary N) is 2. The summed E-state index contributed by atoms with van der Waals surface area (Å²) in [6, 6.07) is 6.73. The number of rotatable bonds is 7. The maximum absolute atomic E-state index is 12.2. The number of thioether (sulfide) groups is 1. The molecule has 0 aliphatic rings. The molecule has 24 heavy (non-hydrogen) atoms. The first kappa shape index (κ1) is 18.4. The highest BCUT2D eigenvalue weighted by atomic mass is 32.2. The van der Waals surface area contributed by atoms with Gasteiger partial charge in [0.05, 0.1) is 0 Å². The maximum Gasteiger partial charge on any atom is 0.257 e. The number of carbonyl (C=O) groups is 2. The summed E-state index contributed by atoms with van der Waals surface area (Å²) in [4.78, 5) is 23.6. The zero-order valence-electron chi connectivity index (χ0n) is 13.8. The van der Waals surface area contributed by atoms with E-state index < -0.39 is 0 Å². The highest BCUT2D eigenvalue weighted by Gasteiger charge is 2.12. The van der Waals surface area contributed by atoms with E-state index in [0.29, 0.717) is 28.1 Å². The summed E-state index contributed by atoms with van der Waals surface area (Å²) in [6.45, 7) is 6.03. The standard InChI is InChI=1S/C16H20N4O2S2/c1-4-10(3)23-16-20-19-15(24-16)18-14(22)11-6-8-12(9-7-11)17-13(21)5-2/h6-10H,4-5H2,1-3H3,(H,17,21)(H,18,19,22). The Bertz CT molecular complexity index is 700. The molecule has 0 spiro atoms. The van der Waals surface area contributed by atoms with E-state index in [1.807, 2.05) is 0 Å². The molecule has 2 aromatic rings. The normalized spacial score (nSPS) is 11.8. The second kappa shape index (κ2) is 8.79. The number of hydrogen-bond donors (Lipinski definition) is 2. The smallest absolute Gasteiger partial charge is 0.257 e. The Balaban J connectivity index is 1.96. The van der Waals surface area contributed by atoms with Crippen molar-refractivity contribution in [1.29, 1.82) is 0 Å². The Hall–Kier alpha value is -1.93. The van der Waals surface area contributed by atoms with E-state index in [9.17, 15) is 9.59 Å². The molecule has 1 unspecified atom stereocenters. The largest absolute Gasteiger partial charge is 0.326 e. The molecule has 128 valence electrons. The molecule has 0 saturated heterocycles. The third-order valence-corrected chi connectivity index (χ3v) is 5.45. The van der Waals surface area contributed by atoms with Gasteiger partial charge in [-0.2, -0.15) is 0 Å². The lowest BCUT2D eigenvalue weighted by atomic mass is 10.2. The first-order chi connectivity index (χ1) is 11.5. The minimum atomic E-state index is -0.250. The highest BCUT2D eigenvalue weighted by Crippen LogP contribution is 2.30. The SMILES string of the molecule is CCC(=O)Nc1ccc(C(=O)Nc2nnc(SC(C)CC)s2)cc1. The van der Waals surface area contributed by atoms with Gasteiger partial charge < -0.3 is 5.32 Å². The molecule has 0 aliphatic carbocycles. The van der Waals surface area contributed by atoms with E-state index in [1.54, 1.807) is 43.0 Å². The van der Waals surface area contributed by atoms with Crippen molar-refractivity contribution in [3.05, 3.63) is 29.8 Å². The van der Waals surface area contributed by atoms with Gasteiger partial charge in [0.2, 0.25) is 11.0 Å². The zero-order chi connectivity index (χ0) is 17.5. The predicted molar refractivity (Wildman–Crippen MR) is 98.8 cm³/mol. The van der Waals surface area contributed by atoms with E-state index >= 15 is 0 Å². The van der Waals surface area contributed by atoms with Crippen molar-refractivity contribution in [2.24, 2.45) is 0 Å². The number of aromatic nitrogens is 2. The first-order valence-electron chi connectivity index (χ1n) is 7.73. The molecule has 0 fully saturated rings. The van der Waals surface area contributed by atoms with Crippen LogP contribution >= 0.6 is 23.1 Å². The molecule has 0 aliphatic heterocycles. The van der Waals surface area contributed by atoms with Crippen LogP contribution in [0.2, 0.25) is 0 Å². The molecule has 2 amide bonds. The van der Waals surface area contributed by atoms with Crippen LogP contribution in [-0.2, 0) is 4.79 Å². The molecule has 2 rings (SSSR count). The molecule has 0 bridgehead atoms. The Kier molecular flexibility index (Phi) is 6.74. The molecule has 0 saturated carbocycles. The highest BCUT2D eigenvalue weighted by molar-refractivity contribution is 8.01. The third-order valence-electron chi connectivity index (χ3n) is 3.26. The van der Waals surface area contributed by atoms with Crippen molar-refractivity contribution in [2.45, 2.75) is 43.2 Å². The first-order valence-corrected chi connectivity index (χ1v) is 9.42. The second-order valence-electron chi connectivity index (χ2n) is 5.14. The average molecular weight is 364 g/mol. The van der Waals surface area contributed by atoms with Gasteiger partial charge in [-0.15, -0.1) is 10.2 Å².